The van der Waals surface area contributed by atoms with Gasteiger partial charge in [-0.05, 0) is 18.4 Å². The van der Waals surface area contributed by atoms with Gasteiger partial charge in [-0.25, -0.2) is 0 Å². The number of nitrogens with two attached hydrogens (primary N) is 1. The predicted octanol–water partition coefficient (Wildman–Crippen LogP) is 2.40. The number of nitrogen functional groups attached to an aromatic ring is 1. The van der Waals surface area contributed by atoms with Gasteiger partial charge in [-0.1, -0.05) is 0 Å². The summed E-state index contributed by atoms with van der Waals surface area (Å²) in [5.74, 6) is 1.89. The Kier molecular flexibility index (Phi) is 3.66. The first-order valence-corrected chi connectivity index (χ1v) is 6.54. The number of aromatic nitrogens is 2. The molecule has 3 N–H and O–H groups in total. The first-order valence-electron chi connectivity index (χ1n) is 5.31. The minimum Gasteiger partial charge on any atom is -0.493 e. The highest BCUT2D eigenvalue weighted by molar-refractivity contribution is 7.98. The lowest BCUT2D eigenvalue weighted by atomic mass is 10.1. The molecule has 0 amide bonds. The van der Waals surface area contributed by atoms with Crippen LogP contribution in [0.1, 0.15) is 0 Å². The number of ether oxygens (including phenoxy) is 2. The van der Waals surface area contributed by atoms with Crippen LogP contribution in [0.25, 0.3) is 11.3 Å². The van der Waals surface area contributed by atoms with Crippen LogP contribution in [0.5, 0.6) is 11.5 Å². The van der Waals surface area contributed by atoms with Crippen LogP contribution in [0.3, 0.4) is 0 Å². The molecule has 0 spiro atoms. The predicted molar refractivity (Wildman–Crippen MR) is 73.3 cm³/mol. The van der Waals surface area contributed by atoms with Crippen molar-refractivity contribution < 1.29 is 9.47 Å². The van der Waals surface area contributed by atoms with E-state index in [2.05, 4.69) is 10.2 Å². The first kappa shape index (κ1) is 12.6. The maximum Gasteiger partial charge on any atom is 0.174 e. The van der Waals surface area contributed by atoms with Crippen LogP contribution in [0.4, 0.5) is 5.82 Å². The molecule has 0 atom stereocenters. The topological polar surface area (TPSA) is 73.2 Å². The Morgan fingerprint density at radius 1 is 1.28 bits per heavy atom. The minimum absolute atomic E-state index is 0.465. The van der Waals surface area contributed by atoms with Crippen LogP contribution in [0.15, 0.2) is 23.1 Å². The fourth-order valence-corrected chi connectivity index (χ4v) is 2.56. The molecule has 0 fully saturated rings. The van der Waals surface area contributed by atoms with E-state index in [1.165, 1.54) is 0 Å². The van der Waals surface area contributed by atoms with Gasteiger partial charge in [-0.15, -0.1) is 11.8 Å². The van der Waals surface area contributed by atoms with Gasteiger partial charge in [0.1, 0.15) is 5.82 Å². The molecule has 0 unspecified atom stereocenters. The standard InChI is InChI=1S/C12H15N3O2S/c1-16-9-5-4-7(8-6-10(13)15-14-8)12(18-3)11(9)17-2/h4-6H,1-3H3,(H3,13,14,15). The largest absolute Gasteiger partial charge is 0.493 e. The van der Waals surface area contributed by atoms with E-state index in [4.69, 9.17) is 15.2 Å². The third-order valence-electron chi connectivity index (χ3n) is 2.59. The van der Waals surface area contributed by atoms with E-state index in [1.54, 1.807) is 32.0 Å². The summed E-state index contributed by atoms with van der Waals surface area (Å²) in [5, 5.41) is 6.84. The molecule has 0 saturated carbocycles. The van der Waals surface area contributed by atoms with Crippen LogP contribution >= 0.6 is 11.8 Å². The van der Waals surface area contributed by atoms with Crippen molar-refractivity contribution in [2.45, 2.75) is 4.90 Å². The summed E-state index contributed by atoms with van der Waals surface area (Å²) in [7, 11) is 3.25. The lowest BCUT2D eigenvalue weighted by Gasteiger charge is -2.14. The van der Waals surface area contributed by atoms with Crippen LogP contribution in [-0.2, 0) is 0 Å². The van der Waals surface area contributed by atoms with Crippen molar-refractivity contribution in [2.24, 2.45) is 0 Å². The third kappa shape index (κ3) is 2.11. The van der Waals surface area contributed by atoms with Gasteiger partial charge in [0.2, 0.25) is 0 Å². The van der Waals surface area contributed by atoms with Crippen molar-refractivity contribution in [3.05, 3.63) is 18.2 Å². The zero-order valence-electron chi connectivity index (χ0n) is 10.5. The number of hydrogen-bond acceptors (Lipinski definition) is 5. The van der Waals surface area contributed by atoms with Crippen molar-refractivity contribution in [1.82, 2.24) is 10.2 Å². The van der Waals surface area contributed by atoms with E-state index in [0.29, 0.717) is 11.6 Å². The van der Waals surface area contributed by atoms with Crippen LogP contribution in [-0.4, -0.2) is 30.7 Å². The van der Waals surface area contributed by atoms with E-state index in [1.807, 2.05) is 18.4 Å². The van der Waals surface area contributed by atoms with Crippen LogP contribution < -0.4 is 15.2 Å². The van der Waals surface area contributed by atoms with Crippen molar-refractivity contribution in [2.75, 3.05) is 26.2 Å². The Morgan fingerprint density at radius 3 is 2.56 bits per heavy atom. The summed E-state index contributed by atoms with van der Waals surface area (Å²) < 4.78 is 10.7. The molecular formula is C12H15N3O2S. The normalized spacial score (nSPS) is 10.4. The molecule has 2 rings (SSSR count). The Morgan fingerprint density at radius 2 is 2.06 bits per heavy atom. The molecule has 0 aliphatic carbocycles. The third-order valence-corrected chi connectivity index (χ3v) is 3.41. The van der Waals surface area contributed by atoms with Crippen molar-refractivity contribution >= 4 is 17.6 Å². The second-order valence-electron chi connectivity index (χ2n) is 3.59. The Bertz CT molecular complexity index is 554. The van der Waals surface area contributed by atoms with Gasteiger partial charge in [-0.3, -0.25) is 5.10 Å². The van der Waals surface area contributed by atoms with Crippen LogP contribution in [0.2, 0.25) is 0 Å². The summed E-state index contributed by atoms with van der Waals surface area (Å²) in [6.45, 7) is 0. The number of nitrogens with one attached hydrogen (secondary N) is 1. The average molecular weight is 265 g/mol. The second-order valence-corrected chi connectivity index (χ2v) is 4.40. The van der Waals surface area contributed by atoms with Gasteiger partial charge in [0.25, 0.3) is 0 Å². The smallest absolute Gasteiger partial charge is 0.174 e. The number of aromatic amines is 1. The molecule has 0 aliphatic rings. The van der Waals surface area contributed by atoms with Crippen molar-refractivity contribution in [3.63, 3.8) is 0 Å². The zero-order valence-corrected chi connectivity index (χ0v) is 11.3. The number of hydrogen-bond donors (Lipinski definition) is 2. The molecule has 6 heteroatoms. The molecule has 0 saturated heterocycles. The highest BCUT2D eigenvalue weighted by Crippen LogP contribution is 2.42. The summed E-state index contributed by atoms with van der Waals surface area (Å²) in [4.78, 5) is 0.987. The van der Waals surface area contributed by atoms with Gasteiger partial charge in [-0.2, -0.15) is 5.10 Å². The second kappa shape index (κ2) is 5.22. The molecule has 0 bridgehead atoms. The molecular weight excluding hydrogens is 250 g/mol. The monoisotopic (exact) mass is 265 g/mol. The maximum absolute atomic E-state index is 5.63. The van der Waals surface area contributed by atoms with E-state index in [9.17, 15) is 0 Å². The van der Waals surface area contributed by atoms with E-state index in [-0.39, 0.29) is 0 Å². The number of thioether (sulfide) groups is 1. The van der Waals surface area contributed by atoms with Gasteiger partial charge < -0.3 is 15.2 Å². The number of anilines is 1. The molecule has 5 nitrogen and oxygen atoms in total. The lowest BCUT2D eigenvalue weighted by Crippen LogP contribution is -1.94. The quantitative estimate of drug-likeness (QED) is 0.830. The zero-order chi connectivity index (χ0) is 13.1. The fraction of sp³-hybridized carbons (Fsp3) is 0.250. The molecule has 1 aromatic carbocycles. The number of H-pyrrole nitrogens is 1. The average Bonchev–Trinajstić information content (AvgIpc) is 2.83. The molecule has 1 aromatic heterocycles. The van der Waals surface area contributed by atoms with E-state index >= 15 is 0 Å². The Balaban J connectivity index is 2.61. The van der Waals surface area contributed by atoms with E-state index in [0.717, 1.165) is 21.9 Å². The van der Waals surface area contributed by atoms with Gasteiger partial charge in [0.15, 0.2) is 11.5 Å². The highest BCUT2D eigenvalue weighted by Gasteiger charge is 2.16. The number of methoxy groups -OCH3 is 2. The summed E-state index contributed by atoms with van der Waals surface area (Å²) in [6.07, 6.45) is 1.99. The molecule has 18 heavy (non-hydrogen) atoms. The summed E-state index contributed by atoms with van der Waals surface area (Å²) in [6, 6.07) is 5.62. The Labute approximate surface area is 110 Å². The Hall–Kier alpha value is -1.82. The van der Waals surface area contributed by atoms with E-state index < -0.39 is 0 Å². The SMILES string of the molecule is COc1ccc(-c2cc(N)n[nH]2)c(SC)c1OC. The number of benzene rings is 1. The highest BCUT2D eigenvalue weighted by atomic mass is 32.2. The number of nitrogens with zero attached hydrogens (tertiary/aromatic N) is 1. The fourth-order valence-electron chi connectivity index (χ4n) is 1.79. The summed E-state index contributed by atoms with van der Waals surface area (Å²) in [5.41, 5.74) is 7.48. The molecule has 96 valence electrons. The molecule has 0 aliphatic heterocycles. The number of rotatable bonds is 4. The minimum atomic E-state index is 0.465. The molecule has 2 aromatic rings. The van der Waals surface area contributed by atoms with Crippen LogP contribution in [0, 0.1) is 0 Å². The molecule has 1 heterocycles. The first-order chi connectivity index (χ1) is 8.71. The maximum atomic E-state index is 5.63. The molecule has 0 radical (unpaired) electrons. The van der Waals surface area contributed by atoms with Gasteiger partial charge >= 0.3 is 0 Å². The lowest BCUT2D eigenvalue weighted by molar-refractivity contribution is 0.348. The summed E-state index contributed by atoms with van der Waals surface area (Å²) >= 11 is 1.59. The van der Waals surface area contributed by atoms with Crippen molar-refractivity contribution in [1.29, 1.82) is 0 Å². The van der Waals surface area contributed by atoms with Crippen molar-refractivity contribution in [3.8, 4) is 22.8 Å². The van der Waals surface area contributed by atoms with Gasteiger partial charge in [0, 0.05) is 11.6 Å². The van der Waals surface area contributed by atoms with Gasteiger partial charge in [0.05, 0.1) is 24.8 Å².